The van der Waals surface area contributed by atoms with Gasteiger partial charge in [0.05, 0.1) is 12.1 Å². The second kappa shape index (κ2) is 5.12. The lowest BCUT2D eigenvalue weighted by Crippen LogP contribution is -2.43. The van der Waals surface area contributed by atoms with Crippen LogP contribution in [0, 0.1) is 0 Å². The molecular weight excluding hydrogens is 234 g/mol. The van der Waals surface area contributed by atoms with Gasteiger partial charge in [-0.1, -0.05) is 0 Å². The van der Waals surface area contributed by atoms with Gasteiger partial charge < -0.3 is 19.6 Å². The van der Waals surface area contributed by atoms with Gasteiger partial charge in [-0.25, -0.2) is 4.79 Å². The molecule has 1 fully saturated rings. The summed E-state index contributed by atoms with van der Waals surface area (Å²) in [5.74, 6) is -0.399. The Balaban J connectivity index is 1.85. The lowest BCUT2D eigenvalue weighted by molar-refractivity contribution is -0.0632. The second-order valence-corrected chi connectivity index (χ2v) is 5.25. The van der Waals surface area contributed by atoms with Crippen LogP contribution in [-0.4, -0.2) is 29.3 Å². The number of ether oxygens (including phenoxy) is 1. The van der Waals surface area contributed by atoms with Crippen molar-refractivity contribution in [2.24, 2.45) is 0 Å². The van der Waals surface area contributed by atoms with E-state index >= 15 is 0 Å². The molecule has 1 aliphatic rings. The molecule has 1 atom stereocenters. The maximum Gasteiger partial charge on any atom is 0.371 e. The molecule has 2 rings (SSSR count). The molecule has 0 aliphatic carbocycles. The first kappa shape index (κ1) is 13.1. The third kappa shape index (κ3) is 3.34. The highest BCUT2D eigenvalue weighted by Crippen LogP contribution is 2.24. The summed E-state index contributed by atoms with van der Waals surface area (Å²) in [5.41, 5.74) is -0.0920. The van der Waals surface area contributed by atoms with Crippen molar-refractivity contribution < 1.29 is 19.1 Å². The van der Waals surface area contributed by atoms with E-state index in [0.29, 0.717) is 18.3 Å². The molecule has 1 unspecified atom stereocenters. The normalized spacial score (nSPS) is 22.9. The van der Waals surface area contributed by atoms with Crippen LogP contribution in [0.3, 0.4) is 0 Å². The third-order valence-corrected chi connectivity index (χ3v) is 3.13. The lowest BCUT2D eigenvalue weighted by Gasteiger charge is -2.35. The zero-order valence-electron chi connectivity index (χ0n) is 10.7. The molecule has 0 radical (unpaired) electrons. The van der Waals surface area contributed by atoms with E-state index in [9.17, 15) is 4.79 Å². The summed E-state index contributed by atoms with van der Waals surface area (Å²) in [4.78, 5) is 10.7. The molecule has 100 valence electrons. The molecule has 2 N–H and O–H groups in total. The first-order valence-corrected chi connectivity index (χ1v) is 6.16. The van der Waals surface area contributed by atoms with Crippen molar-refractivity contribution in [3.05, 3.63) is 23.7 Å². The van der Waals surface area contributed by atoms with E-state index in [2.05, 4.69) is 19.2 Å². The standard InChI is InChI=1S/C13H19NO4/c1-13(2)7-9(5-6-17-13)14-8-10-3-4-11(18-10)12(15)16/h3-4,9,14H,5-8H2,1-2H3,(H,15,16). The Hall–Kier alpha value is -1.33. The van der Waals surface area contributed by atoms with E-state index in [4.69, 9.17) is 14.3 Å². The average molecular weight is 253 g/mol. The fourth-order valence-corrected chi connectivity index (χ4v) is 2.24. The Bertz CT molecular complexity index is 424. The van der Waals surface area contributed by atoms with Crippen molar-refractivity contribution in [1.29, 1.82) is 0 Å². The molecule has 1 aromatic rings. The third-order valence-electron chi connectivity index (χ3n) is 3.13. The predicted octanol–water partition coefficient (Wildman–Crippen LogP) is 2.03. The number of carboxylic acid groups (broad SMARTS) is 1. The van der Waals surface area contributed by atoms with Crippen molar-refractivity contribution in [3.63, 3.8) is 0 Å². The molecule has 1 aromatic heterocycles. The highest BCUT2D eigenvalue weighted by Gasteiger charge is 2.28. The van der Waals surface area contributed by atoms with E-state index in [0.717, 1.165) is 19.4 Å². The van der Waals surface area contributed by atoms with Crippen LogP contribution in [0.4, 0.5) is 0 Å². The quantitative estimate of drug-likeness (QED) is 0.859. The monoisotopic (exact) mass is 253 g/mol. The van der Waals surface area contributed by atoms with Crippen molar-refractivity contribution in [2.75, 3.05) is 6.61 Å². The summed E-state index contributed by atoms with van der Waals surface area (Å²) in [6, 6.07) is 3.56. The van der Waals surface area contributed by atoms with Gasteiger partial charge in [-0.3, -0.25) is 0 Å². The first-order chi connectivity index (χ1) is 8.46. The zero-order chi connectivity index (χ0) is 13.2. The van der Waals surface area contributed by atoms with Crippen LogP contribution < -0.4 is 5.32 Å². The largest absolute Gasteiger partial charge is 0.475 e. The van der Waals surface area contributed by atoms with E-state index in [-0.39, 0.29) is 11.4 Å². The minimum atomic E-state index is -1.03. The molecule has 18 heavy (non-hydrogen) atoms. The number of furan rings is 1. The molecule has 1 saturated heterocycles. The smallest absolute Gasteiger partial charge is 0.371 e. The molecule has 1 aliphatic heterocycles. The number of carbonyl (C=O) groups is 1. The molecule has 0 spiro atoms. The minimum absolute atomic E-state index is 0.0147. The van der Waals surface area contributed by atoms with Crippen LogP contribution in [-0.2, 0) is 11.3 Å². The first-order valence-electron chi connectivity index (χ1n) is 6.16. The SMILES string of the molecule is CC1(C)CC(NCc2ccc(C(=O)O)o2)CCO1. The Kier molecular flexibility index (Phi) is 3.73. The van der Waals surface area contributed by atoms with Crippen molar-refractivity contribution >= 4 is 5.97 Å². The fraction of sp³-hybridized carbons (Fsp3) is 0.615. The van der Waals surface area contributed by atoms with Crippen molar-refractivity contribution in [3.8, 4) is 0 Å². The Morgan fingerprint density at radius 2 is 2.33 bits per heavy atom. The topological polar surface area (TPSA) is 71.7 Å². The van der Waals surface area contributed by atoms with Crippen LogP contribution in [0.2, 0.25) is 0 Å². The van der Waals surface area contributed by atoms with E-state index in [1.807, 2.05) is 0 Å². The molecule has 0 amide bonds. The highest BCUT2D eigenvalue weighted by molar-refractivity contribution is 5.84. The van der Waals surface area contributed by atoms with Gasteiger partial charge in [0.25, 0.3) is 0 Å². The predicted molar refractivity (Wildman–Crippen MR) is 65.6 cm³/mol. The summed E-state index contributed by atoms with van der Waals surface area (Å²) < 4.78 is 10.8. The number of carboxylic acids is 1. The number of hydrogen-bond donors (Lipinski definition) is 2. The molecule has 2 heterocycles. The van der Waals surface area contributed by atoms with Crippen LogP contribution in [0.5, 0.6) is 0 Å². The maximum atomic E-state index is 10.7. The molecule has 5 heteroatoms. The maximum absolute atomic E-state index is 10.7. The lowest BCUT2D eigenvalue weighted by atomic mass is 9.94. The average Bonchev–Trinajstić information content (AvgIpc) is 2.74. The summed E-state index contributed by atoms with van der Waals surface area (Å²) in [6.45, 7) is 5.46. The summed E-state index contributed by atoms with van der Waals surface area (Å²) in [6.07, 6.45) is 1.91. The van der Waals surface area contributed by atoms with Gasteiger partial charge in [-0.15, -0.1) is 0 Å². The van der Waals surface area contributed by atoms with E-state index < -0.39 is 5.97 Å². The Morgan fingerprint density at radius 3 is 2.94 bits per heavy atom. The van der Waals surface area contributed by atoms with Crippen LogP contribution in [0.1, 0.15) is 43.0 Å². The van der Waals surface area contributed by atoms with Crippen molar-refractivity contribution in [1.82, 2.24) is 5.32 Å². The molecular formula is C13H19NO4. The van der Waals surface area contributed by atoms with Crippen LogP contribution in [0.25, 0.3) is 0 Å². The Labute approximate surface area is 106 Å². The van der Waals surface area contributed by atoms with Gasteiger partial charge in [0, 0.05) is 12.6 Å². The summed E-state index contributed by atoms with van der Waals surface area (Å²) >= 11 is 0. The van der Waals surface area contributed by atoms with Gasteiger partial charge in [-0.05, 0) is 38.8 Å². The molecule has 0 bridgehead atoms. The van der Waals surface area contributed by atoms with E-state index in [1.54, 1.807) is 6.07 Å². The fourth-order valence-electron chi connectivity index (χ4n) is 2.24. The summed E-state index contributed by atoms with van der Waals surface area (Å²) in [5, 5.41) is 12.1. The van der Waals surface area contributed by atoms with Crippen LogP contribution >= 0.6 is 0 Å². The molecule has 0 aromatic carbocycles. The van der Waals surface area contributed by atoms with Gasteiger partial charge in [-0.2, -0.15) is 0 Å². The van der Waals surface area contributed by atoms with Crippen LogP contribution in [0.15, 0.2) is 16.5 Å². The number of hydrogen-bond acceptors (Lipinski definition) is 4. The molecule has 0 saturated carbocycles. The van der Waals surface area contributed by atoms with Gasteiger partial charge in [0.15, 0.2) is 0 Å². The van der Waals surface area contributed by atoms with Gasteiger partial charge in [0.1, 0.15) is 5.76 Å². The number of nitrogens with one attached hydrogen (secondary N) is 1. The highest BCUT2D eigenvalue weighted by atomic mass is 16.5. The second-order valence-electron chi connectivity index (χ2n) is 5.25. The molecule has 5 nitrogen and oxygen atoms in total. The van der Waals surface area contributed by atoms with Gasteiger partial charge in [0.2, 0.25) is 5.76 Å². The Morgan fingerprint density at radius 1 is 1.56 bits per heavy atom. The number of rotatable bonds is 4. The van der Waals surface area contributed by atoms with Crippen molar-refractivity contribution in [2.45, 2.75) is 44.9 Å². The number of aromatic carboxylic acids is 1. The zero-order valence-corrected chi connectivity index (χ0v) is 10.7. The van der Waals surface area contributed by atoms with Gasteiger partial charge >= 0.3 is 5.97 Å². The van der Waals surface area contributed by atoms with E-state index in [1.165, 1.54) is 6.07 Å². The summed E-state index contributed by atoms with van der Waals surface area (Å²) in [7, 11) is 0. The minimum Gasteiger partial charge on any atom is -0.475 e.